The Hall–Kier alpha value is -2.96. The summed E-state index contributed by atoms with van der Waals surface area (Å²) < 4.78 is 0. The van der Waals surface area contributed by atoms with Crippen molar-refractivity contribution in [1.29, 1.82) is 0 Å². The molecule has 0 aromatic heterocycles. The van der Waals surface area contributed by atoms with Crippen LogP contribution in [-0.2, 0) is 16.0 Å². The van der Waals surface area contributed by atoms with Gasteiger partial charge in [0.15, 0.2) is 11.6 Å². The number of aliphatic hydroxyl groups excluding tert-OH is 2. The fourth-order valence-electron chi connectivity index (χ4n) is 4.62. The number of carbonyl (C=O) groups is 2. The van der Waals surface area contributed by atoms with E-state index in [0.717, 1.165) is 60.8 Å². The molecule has 0 fully saturated rings. The first-order valence-corrected chi connectivity index (χ1v) is 14.3. The molecule has 0 heterocycles. The summed E-state index contributed by atoms with van der Waals surface area (Å²) in [5.41, 5.74) is 7.83. The maximum atomic E-state index is 12.2. The predicted molar refractivity (Wildman–Crippen MR) is 170 cm³/mol. The van der Waals surface area contributed by atoms with Gasteiger partial charge in [-0.15, -0.1) is 0 Å². The van der Waals surface area contributed by atoms with Crippen LogP contribution in [0.2, 0.25) is 0 Å². The van der Waals surface area contributed by atoms with Crippen LogP contribution in [0.5, 0.6) is 11.5 Å². The van der Waals surface area contributed by atoms with Crippen molar-refractivity contribution in [2.45, 2.75) is 114 Å². The summed E-state index contributed by atoms with van der Waals surface area (Å²) in [7, 11) is 0. The molecule has 0 saturated carbocycles. The Labute approximate surface area is 248 Å². The van der Waals surface area contributed by atoms with Crippen LogP contribution in [0.15, 0.2) is 45.6 Å². The van der Waals surface area contributed by atoms with Gasteiger partial charge in [-0.25, -0.2) is 0 Å². The van der Waals surface area contributed by atoms with Gasteiger partial charge in [-0.1, -0.05) is 30.7 Å². The standard InChI is InChI=1S/C17H26O3.C17H24O3.CH4/c2*1-11(7-5-6-10-18)8-9-15-14(4)16(19)12(2)13(3)17(15)20;/h8,18-20H,5-7,9-10H2,1-4H3;8,18H,5-7,9-10H2,1-4H3;1H4/b2*11-8+;. The van der Waals surface area contributed by atoms with Crippen molar-refractivity contribution in [3.8, 4) is 11.5 Å². The van der Waals surface area contributed by atoms with Crippen LogP contribution in [0, 0.1) is 20.8 Å². The number of aromatic hydroxyl groups is 2. The molecule has 230 valence electrons. The van der Waals surface area contributed by atoms with E-state index in [1.807, 2.05) is 33.8 Å². The number of rotatable bonds is 12. The SMILES string of the molecule is C.C/C(=C\Cc1c(C)c(O)c(C)c(C)c1O)CCCCO.CC1=C(C)C(=O)C(C/C=C(\C)CCCCO)=C(C)C1=O. The zero-order valence-electron chi connectivity index (χ0n) is 25.8. The second-order valence-corrected chi connectivity index (χ2v) is 10.9. The van der Waals surface area contributed by atoms with E-state index in [-0.39, 0.29) is 43.7 Å². The molecule has 41 heavy (non-hydrogen) atoms. The normalized spacial score (nSPS) is 14.3. The lowest BCUT2D eigenvalue weighted by atomic mass is 9.84. The van der Waals surface area contributed by atoms with Crippen molar-refractivity contribution >= 4 is 11.6 Å². The van der Waals surface area contributed by atoms with Crippen LogP contribution in [0.3, 0.4) is 0 Å². The van der Waals surface area contributed by atoms with E-state index in [2.05, 4.69) is 13.0 Å². The number of hydrogen-bond donors (Lipinski definition) is 4. The molecule has 0 spiro atoms. The second kappa shape index (κ2) is 18.5. The molecule has 0 bridgehead atoms. The van der Waals surface area contributed by atoms with Crippen LogP contribution in [0.1, 0.15) is 109 Å². The summed E-state index contributed by atoms with van der Waals surface area (Å²) in [5.74, 6) is 0.557. The molecule has 1 aromatic carbocycles. The summed E-state index contributed by atoms with van der Waals surface area (Å²) in [6.45, 7) is 15.2. The van der Waals surface area contributed by atoms with Crippen molar-refractivity contribution in [2.75, 3.05) is 13.2 Å². The molecule has 0 aliphatic heterocycles. The lowest BCUT2D eigenvalue weighted by Gasteiger charge is -2.17. The van der Waals surface area contributed by atoms with Crippen molar-refractivity contribution in [3.63, 3.8) is 0 Å². The highest BCUT2D eigenvalue weighted by Gasteiger charge is 2.26. The van der Waals surface area contributed by atoms with E-state index in [1.165, 1.54) is 11.1 Å². The third-order valence-corrected chi connectivity index (χ3v) is 7.95. The Kier molecular flexibility index (Phi) is 17.1. The van der Waals surface area contributed by atoms with Crippen LogP contribution in [-0.4, -0.2) is 45.2 Å². The van der Waals surface area contributed by atoms with Crippen LogP contribution in [0.4, 0.5) is 0 Å². The molecular weight excluding hydrogens is 516 g/mol. The third kappa shape index (κ3) is 10.8. The Bertz CT molecular complexity index is 1160. The van der Waals surface area contributed by atoms with Gasteiger partial charge < -0.3 is 20.4 Å². The van der Waals surface area contributed by atoms with Gasteiger partial charge in [0.1, 0.15) is 11.5 Å². The van der Waals surface area contributed by atoms with E-state index < -0.39 is 0 Å². The fourth-order valence-corrected chi connectivity index (χ4v) is 4.62. The first kappa shape index (κ1) is 38.0. The lowest BCUT2D eigenvalue weighted by molar-refractivity contribution is -0.116. The third-order valence-electron chi connectivity index (χ3n) is 7.95. The smallest absolute Gasteiger partial charge is 0.185 e. The minimum absolute atomic E-state index is 0. The number of unbranched alkanes of at least 4 members (excludes halogenated alkanes) is 2. The minimum atomic E-state index is -0.0107. The van der Waals surface area contributed by atoms with Crippen LogP contribution in [0.25, 0.3) is 0 Å². The number of benzene rings is 1. The molecule has 2 rings (SSSR count). The Morgan fingerprint density at radius 2 is 1.05 bits per heavy atom. The molecular formula is C35H54O6. The van der Waals surface area contributed by atoms with Gasteiger partial charge in [0.25, 0.3) is 0 Å². The van der Waals surface area contributed by atoms with Crippen molar-refractivity contribution in [3.05, 3.63) is 67.8 Å². The fraction of sp³-hybridized carbons (Fsp3) is 0.543. The minimum Gasteiger partial charge on any atom is -0.507 e. The average Bonchev–Trinajstić information content (AvgIpc) is 2.93. The number of phenols is 2. The van der Waals surface area contributed by atoms with Gasteiger partial charge in [0, 0.05) is 41.1 Å². The molecule has 6 nitrogen and oxygen atoms in total. The monoisotopic (exact) mass is 570 g/mol. The molecule has 0 amide bonds. The van der Waals surface area contributed by atoms with Gasteiger partial charge in [0.05, 0.1) is 0 Å². The van der Waals surface area contributed by atoms with Gasteiger partial charge in [0.2, 0.25) is 0 Å². The number of phenolic OH excluding ortho intramolecular Hbond substituents is 2. The summed E-state index contributed by atoms with van der Waals surface area (Å²) in [6.07, 6.45) is 10.7. The number of carbonyl (C=O) groups excluding carboxylic acids is 2. The zero-order valence-corrected chi connectivity index (χ0v) is 25.8. The zero-order chi connectivity index (χ0) is 30.6. The van der Waals surface area contributed by atoms with Crippen LogP contribution < -0.4 is 0 Å². The summed E-state index contributed by atoms with van der Waals surface area (Å²) in [5, 5.41) is 37.8. The molecule has 4 N–H and O–H groups in total. The number of hydrogen-bond acceptors (Lipinski definition) is 6. The first-order chi connectivity index (χ1) is 18.8. The van der Waals surface area contributed by atoms with Gasteiger partial charge in [-0.05, 0) is 123 Å². The Morgan fingerprint density at radius 3 is 1.54 bits per heavy atom. The molecule has 0 atom stereocenters. The van der Waals surface area contributed by atoms with Gasteiger partial charge in [-0.2, -0.15) is 0 Å². The topological polar surface area (TPSA) is 115 Å². The number of ketones is 2. The quantitative estimate of drug-likeness (QED) is 0.0890. The maximum Gasteiger partial charge on any atom is 0.185 e. The molecule has 1 aliphatic carbocycles. The Morgan fingerprint density at radius 1 is 0.610 bits per heavy atom. The highest BCUT2D eigenvalue weighted by Crippen LogP contribution is 2.36. The van der Waals surface area contributed by atoms with E-state index >= 15 is 0 Å². The van der Waals surface area contributed by atoms with Gasteiger partial charge >= 0.3 is 0 Å². The number of aliphatic hydroxyl groups is 2. The highest BCUT2D eigenvalue weighted by molar-refractivity contribution is 6.24. The molecule has 0 saturated heterocycles. The highest BCUT2D eigenvalue weighted by atomic mass is 16.3. The average molecular weight is 571 g/mol. The molecule has 6 heteroatoms. The van der Waals surface area contributed by atoms with E-state index in [1.54, 1.807) is 20.8 Å². The Balaban J connectivity index is 0.000000762. The molecule has 0 radical (unpaired) electrons. The van der Waals surface area contributed by atoms with Crippen molar-refractivity contribution < 1.29 is 30.0 Å². The van der Waals surface area contributed by atoms with E-state index in [0.29, 0.717) is 35.1 Å². The predicted octanol–water partition coefficient (Wildman–Crippen LogP) is 7.60. The largest absolute Gasteiger partial charge is 0.507 e. The lowest BCUT2D eigenvalue weighted by Crippen LogP contribution is -2.20. The first-order valence-electron chi connectivity index (χ1n) is 14.3. The summed E-state index contributed by atoms with van der Waals surface area (Å²) >= 11 is 0. The second-order valence-electron chi connectivity index (χ2n) is 10.9. The molecule has 1 aliphatic rings. The van der Waals surface area contributed by atoms with Crippen molar-refractivity contribution in [1.82, 2.24) is 0 Å². The van der Waals surface area contributed by atoms with E-state index in [4.69, 9.17) is 10.2 Å². The summed E-state index contributed by atoms with van der Waals surface area (Å²) in [4.78, 5) is 24.3. The number of allylic oxidation sites excluding steroid dienone is 8. The number of Topliss-reactive ketones (excluding diaryl/α,β-unsaturated/α-hetero) is 2. The molecule has 0 unspecified atom stereocenters. The van der Waals surface area contributed by atoms with Gasteiger partial charge in [-0.3, -0.25) is 9.59 Å². The van der Waals surface area contributed by atoms with Crippen molar-refractivity contribution in [2.24, 2.45) is 0 Å². The summed E-state index contributed by atoms with van der Waals surface area (Å²) in [6, 6.07) is 0. The maximum absolute atomic E-state index is 12.2. The van der Waals surface area contributed by atoms with E-state index in [9.17, 15) is 19.8 Å². The van der Waals surface area contributed by atoms with Crippen LogP contribution >= 0.6 is 0 Å². The molecule has 1 aromatic rings.